The first kappa shape index (κ1) is 11.5. The van der Waals surface area contributed by atoms with Crippen molar-refractivity contribution in [1.82, 2.24) is 20.2 Å². The van der Waals surface area contributed by atoms with Gasteiger partial charge in [-0.3, -0.25) is 0 Å². The van der Waals surface area contributed by atoms with Crippen LogP contribution in [-0.2, 0) is 0 Å². The van der Waals surface area contributed by atoms with Crippen LogP contribution in [0.1, 0.15) is 20.7 Å². The minimum Gasteiger partial charge on any atom is -0.545 e. The Morgan fingerprint density at radius 3 is 2.06 bits per heavy atom. The van der Waals surface area contributed by atoms with Crippen LogP contribution in [0.15, 0.2) is 18.2 Å². The minimum absolute atomic E-state index is 0.0819. The molecular formula is C9H5N5O4-2. The predicted molar refractivity (Wildman–Crippen MR) is 52.2 cm³/mol. The molecule has 0 amide bonds. The van der Waals surface area contributed by atoms with Crippen molar-refractivity contribution in [2.75, 3.05) is 5.73 Å². The van der Waals surface area contributed by atoms with Gasteiger partial charge < -0.3 is 25.5 Å². The molecule has 0 aliphatic heterocycles. The molecule has 18 heavy (non-hydrogen) atoms. The van der Waals surface area contributed by atoms with Crippen LogP contribution in [0.3, 0.4) is 0 Å². The highest BCUT2D eigenvalue weighted by molar-refractivity contribution is 5.93. The smallest absolute Gasteiger partial charge is 0.245 e. The van der Waals surface area contributed by atoms with E-state index in [1.54, 1.807) is 0 Å². The van der Waals surface area contributed by atoms with Gasteiger partial charge in [-0.1, -0.05) is 5.10 Å². The van der Waals surface area contributed by atoms with Crippen molar-refractivity contribution in [3.05, 3.63) is 29.3 Å². The second-order valence-corrected chi connectivity index (χ2v) is 3.29. The average molecular weight is 247 g/mol. The predicted octanol–water partition coefficient (Wildman–Crippen LogP) is -3.03. The minimum atomic E-state index is -1.54. The van der Waals surface area contributed by atoms with E-state index in [-0.39, 0.29) is 22.8 Å². The molecule has 0 saturated carbocycles. The molecule has 0 bridgehead atoms. The second-order valence-electron chi connectivity index (χ2n) is 3.29. The molecule has 1 heterocycles. The van der Waals surface area contributed by atoms with Crippen LogP contribution >= 0.6 is 0 Å². The zero-order valence-electron chi connectivity index (χ0n) is 8.73. The first-order chi connectivity index (χ1) is 8.49. The van der Waals surface area contributed by atoms with E-state index in [1.165, 1.54) is 0 Å². The summed E-state index contributed by atoms with van der Waals surface area (Å²) in [5.41, 5.74) is 4.82. The molecule has 0 spiro atoms. The van der Waals surface area contributed by atoms with E-state index in [0.717, 1.165) is 22.9 Å². The third kappa shape index (κ3) is 1.96. The fourth-order valence-corrected chi connectivity index (χ4v) is 1.35. The third-order valence-corrected chi connectivity index (χ3v) is 2.13. The van der Waals surface area contributed by atoms with Gasteiger partial charge in [0.15, 0.2) is 0 Å². The maximum Gasteiger partial charge on any atom is 0.245 e. The Balaban J connectivity index is 2.64. The summed E-state index contributed by atoms with van der Waals surface area (Å²) in [5.74, 6) is -3.19. The summed E-state index contributed by atoms with van der Waals surface area (Å²) in [5, 5.41) is 31.7. The molecule has 0 unspecified atom stereocenters. The monoisotopic (exact) mass is 247 g/mol. The van der Waals surface area contributed by atoms with Crippen LogP contribution in [0.25, 0.3) is 5.69 Å². The number of nitrogen functional groups attached to an aromatic ring is 1. The van der Waals surface area contributed by atoms with E-state index in [1.807, 2.05) is 0 Å². The highest BCUT2D eigenvalue weighted by Crippen LogP contribution is 2.14. The van der Waals surface area contributed by atoms with Crippen LogP contribution in [0.4, 0.5) is 5.95 Å². The Bertz CT molecular complexity index is 603. The van der Waals surface area contributed by atoms with Crippen molar-refractivity contribution >= 4 is 17.9 Å². The molecule has 1 aromatic carbocycles. The van der Waals surface area contributed by atoms with E-state index in [2.05, 4.69) is 15.5 Å². The van der Waals surface area contributed by atoms with Crippen molar-refractivity contribution < 1.29 is 19.8 Å². The Kier molecular flexibility index (Phi) is 2.64. The fraction of sp³-hybridized carbons (Fsp3) is 0. The molecule has 2 N–H and O–H groups in total. The molecule has 0 atom stereocenters. The summed E-state index contributed by atoms with van der Waals surface area (Å²) >= 11 is 0. The van der Waals surface area contributed by atoms with Gasteiger partial charge in [0.25, 0.3) is 0 Å². The van der Waals surface area contributed by atoms with Crippen molar-refractivity contribution in [3.63, 3.8) is 0 Å². The third-order valence-electron chi connectivity index (χ3n) is 2.13. The zero-order chi connectivity index (χ0) is 13.3. The van der Waals surface area contributed by atoms with Gasteiger partial charge in [0.05, 0.1) is 17.6 Å². The molecule has 0 fully saturated rings. The van der Waals surface area contributed by atoms with E-state index < -0.39 is 11.9 Å². The number of aromatic carboxylic acids is 2. The number of carbonyl (C=O) groups is 2. The first-order valence-corrected chi connectivity index (χ1v) is 4.61. The quantitative estimate of drug-likeness (QED) is 0.601. The van der Waals surface area contributed by atoms with Gasteiger partial charge >= 0.3 is 0 Å². The largest absolute Gasteiger partial charge is 0.545 e. The molecule has 0 saturated heterocycles. The van der Waals surface area contributed by atoms with Crippen molar-refractivity contribution in [2.45, 2.75) is 0 Å². The van der Waals surface area contributed by atoms with Gasteiger partial charge in [-0.2, -0.15) is 4.68 Å². The molecule has 0 aliphatic rings. The van der Waals surface area contributed by atoms with Crippen molar-refractivity contribution in [1.29, 1.82) is 0 Å². The second kappa shape index (κ2) is 4.13. The number of carboxylic acid groups (broad SMARTS) is 2. The number of nitrogens with zero attached hydrogens (tertiary/aromatic N) is 4. The number of hydrogen-bond donors (Lipinski definition) is 1. The summed E-state index contributed by atoms with van der Waals surface area (Å²) in [6, 6.07) is 3.18. The number of carbonyl (C=O) groups excluding carboxylic acids is 2. The van der Waals surface area contributed by atoms with Gasteiger partial charge in [0, 0.05) is 0 Å². The maximum absolute atomic E-state index is 10.8. The molecule has 0 aliphatic carbocycles. The SMILES string of the molecule is Nc1nnnn1-c1cc(C(=O)[O-])cc(C(=O)[O-])c1. The summed E-state index contributed by atoms with van der Waals surface area (Å²) in [7, 11) is 0. The topological polar surface area (TPSA) is 150 Å². The summed E-state index contributed by atoms with van der Waals surface area (Å²) in [6.45, 7) is 0. The lowest BCUT2D eigenvalue weighted by atomic mass is 10.1. The van der Waals surface area contributed by atoms with Gasteiger partial charge in [-0.15, -0.1) is 0 Å². The molecule has 0 radical (unpaired) electrons. The Morgan fingerprint density at radius 2 is 1.67 bits per heavy atom. The fourth-order valence-electron chi connectivity index (χ4n) is 1.35. The number of anilines is 1. The number of aromatic nitrogens is 4. The Hall–Kier alpha value is -2.97. The zero-order valence-corrected chi connectivity index (χ0v) is 8.73. The van der Waals surface area contributed by atoms with Crippen LogP contribution in [0.2, 0.25) is 0 Å². The van der Waals surface area contributed by atoms with Crippen LogP contribution < -0.4 is 15.9 Å². The summed E-state index contributed by atoms with van der Waals surface area (Å²) in [4.78, 5) is 21.5. The lowest BCUT2D eigenvalue weighted by Crippen LogP contribution is -2.26. The van der Waals surface area contributed by atoms with E-state index >= 15 is 0 Å². The number of benzene rings is 1. The maximum atomic E-state index is 10.8. The van der Waals surface area contributed by atoms with E-state index in [0.29, 0.717) is 0 Å². The van der Waals surface area contributed by atoms with E-state index in [4.69, 9.17) is 5.73 Å². The Labute approximate surface area is 99.5 Å². The highest BCUT2D eigenvalue weighted by Gasteiger charge is 2.08. The van der Waals surface area contributed by atoms with Gasteiger partial charge in [0.1, 0.15) is 0 Å². The number of rotatable bonds is 3. The molecule has 9 heteroatoms. The van der Waals surface area contributed by atoms with E-state index in [9.17, 15) is 19.8 Å². The lowest BCUT2D eigenvalue weighted by Gasteiger charge is -2.10. The number of carboxylic acids is 2. The summed E-state index contributed by atoms with van der Waals surface area (Å²) < 4.78 is 0.985. The van der Waals surface area contributed by atoms with Crippen LogP contribution in [-0.4, -0.2) is 32.1 Å². The normalized spacial score (nSPS) is 10.2. The van der Waals surface area contributed by atoms with Gasteiger partial charge in [-0.25, -0.2) is 0 Å². The number of tetrazole rings is 1. The van der Waals surface area contributed by atoms with Crippen molar-refractivity contribution in [2.24, 2.45) is 0 Å². The van der Waals surface area contributed by atoms with Crippen LogP contribution in [0, 0.1) is 0 Å². The average Bonchev–Trinajstić information content (AvgIpc) is 2.74. The van der Waals surface area contributed by atoms with Crippen LogP contribution in [0.5, 0.6) is 0 Å². The first-order valence-electron chi connectivity index (χ1n) is 4.61. The lowest BCUT2D eigenvalue weighted by molar-refractivity contribution is -0.255. The molecular weight excluding hydrogens is 242 g/mol. The number of nitrogens with two attached hydrogens (primary N) is 1. The molecule has 2 aromatic rings. The van der Waals surface area contributed by atoms with Gasteiger partial charge in [0.2, 0.25) is 5.95 Å². The molecule has 1 aromatic heterocycles. The molecule has 9 nitrogen and oxygen atoms in total. The highest BCUT2D eigenvalue weighted by atomic mass is 16.4. The standard InChI is InChI=1S/C9H7N5O4/c10-9-11-12-13-14(9)6-2-4(7(15)16)1-5(3-6)8(17)18/h1-3H,(H,15,16)(H,17,18)(H2,10,11,13)/p-2. The summed E-state index contributed by atoms with van der Waals surface area (Å²) in [6.07, 6.45) is 0. The Morgan fingerprint density at radius 1 is 1.11 bits per heavy atom. The molecule has 2 rings (SSSR count). The van der Waals surface area contributed by atoms with Gasteiger partial charge in [-0.05, 0) is 39.8 Å². The van der Waals surface area contributed by atoms with Crippen molar-refractivity contribution in [3.8, 4) is 5.69 Å². The molecule has 92 valence electrons. The number of hydrogen-bond acceptors (Lipinski definition) is 8.